The van der Waals surface area contributed by atoms with Crippen LogP contribution in [0, 0.1) is 0 Å². The quantitative estimate of drug-likeness (QED) is 0.135. The van der Waals surface area contributed by atoms with E-state index < -0.39 is 0 Å². The van der Waals surface area contributed by atoms with Gasteiger partial charge in [-0.15, -0.1) is 11.3 Å². The molecule has 2 heterocycles. The predicted molar refractivity (Wildman–Crippen MR) is 196 cm³/mol. The van der Waals surface area contributed by atoms with E-state index in [0.717, 1.165) is 28.1 Å². The number of para-hydroxylation sites is 1. The minimum atomic E-state index is 0.939. The van der Waals surface area contributed by atoms with E-state index in [9.17, 15) is 0 Å². The van der Waals surface area contributed by atoms with Crippen molar-refractivity contribution < 1.29 is 0 Å². The van der Waals surface area contributed by atoms with Crippen LogP contribution in [0.3, 0.4) is 0 Å². The van der Waals surface area contributed by atoms with E-state index in [1.807, 2.05) is 41.8 Å². The molecule has 45 heavy (non-hydrogen) atoms. The Bertz CT molecular complexity index is 2450. The van der Waals surface area contributed by atoms with Crippen molar-refractivity contribution in [1.82, 2.24) is 4.57 Å². The third-order valence-electron chi connectivity index (χ3n) is 8.59. The lowest BCUT2D eigenvalue weighted by atomic mass is 10.0. The number of aliphatic imine (C=N–C) groups is 1. The van der Waals surface area contributed by atoms with E-state index in [1.165, 1.54) is 53.1 Å². The number of hydrogen-bond donors (Lipinski definition) is 0. The van der Waals surface area contributed by atoms with Crippen molar-refractivity contribution in [3.63, 3.8) is 0 Å². The standard InChI is InChI=1S/C42H30N2S/c1-28(30-11-4-3-5-12-30)23-24-43-29(2)31-13-10-14-34(25-31)44-39-17-8-6-15-35(39)37-26-32(19-21-40(37)44)33-20-22-42-38(27-33)36-16-7-9-18-41(36)45-42/h3-27H,1H2,2H3/b24-23-,43-29?. The predicted octanol–water partition coefficient (Wildman–Crippen LogP) is 11.9. The summed E-state index contributed by atoms with van der Waals surface area (Å²) in [5.74, 6) is 0. The summed E-state index contributed by atoms with van der Waals surface area (Å²) in [5.41, 5.74) is 10.0. The van der Waals surface area contributed by atoms with Crippen LogP contribution in [0.5, 0.6) is 0 Å². The maximum Gasteiger partial charge on any atom is 0.0541 e. The Morgan fingerprint density at radius 1 is 0.600 bits per heavy atom. The van der Waals surface area contributed by atoms with Gasteiger partial charge in [-0.1, -0.05) is 97.6 Å². The van der Waals surface area contributed by atoms with Gasteiger partial charge >= 0.3 is 0 Å². The molecule has 0 N–H and O–H groups in total. The van der Waals surface area contributed by atoms with Gasteiger partial charge in [-0.05, 0) is 89.4 Å². The molecule has 3 heteroatoms. The highest BCUT2D eigenvalue weighted by Gasteiger charge is 2.14. The highest BCUT2D eigenvalue weighted by molar-refractivity contribution is 7.25. The first kappa shape index (κ1) is 27.1. The van der Waals surface area contributed by atoms with Gasteiger partial charge in [0.1, 0.15) is 0 Å². The zero-order chi connectivity index (χ0) is 30.3. The molecule has 6 aromatic carbocycles. The Morgan fingerprint density at radius 3 is 2.13 bits per heavy atom. The van der Waals surface area contributed by atoms with Gasteiger partial charge in [0.05, 0.1) is 11.0 Å². The van der Waals surface area contributed by atoms with E-state index in [1.54, 1.807) is 0 Å². The highest BCUT2D eigenvalue weighted by atomic mass is 32.1. The number of nitrogens with zero attached hydrogens (tertiary/aromatic N) is 2. The molecular weight excluding hydrogens is 565 g/mol. The van der Waals surface area contributed by atoms with Crippen LogP contribution >= 0.6 is 11.3 Å². The molecule has 2 aromatic heterocycles. The van der Waals surface area contributed by atoms with Crippen molar-refractivity contribution in [2.24, 2.45) is 4.99 Å². The molecule has 0 unspecified atom stereocenters. The third kappa shape index (κ3) is 4.88. The van der Waals surface area contributed by atoms with Crippen molar-refractivity contribution in [3.8, 4) is 16.8 Å². The fourth-order valence-corrected chi connectivity index (χ4v) is 7.35. The van der Waals surface area contributed by atoms with E-state index >= 15 is 0 Å². The van der Waals surface area contributed by atoms with Gasteiger partial charge in [-0.3, -0.25) is 4.99 Å². The number of benzene rings is 6. The lowest BCUT2D eigenvalue weighted by molar-refractivity contribution is 1.18. The van der Waals surface area contributed by atoms with Gasteiger partial charge in [0, 0.05) is 48.5 Å². The van der Waals surface area contributed by atoms with Crippen LogP contribution in [0.25, 0.3) is 64.4 Å². The largest absolute Gasteiger partial charge is 0.309 e. The summed E-state index contributed by atoms with van der Waals surface area (Å²) >= 11 is 1.86. The summed E-state index contributed by atoms with van der Waals surface area (Å²) in [6.07, 6.45) is 3.81. The van der Waals surface area contributed by atoms with Gasteiger partial charge in [-0.25, -0.2) is 0 Å². The molecule has 8 aromatic rings. The zero-order valence-electron chi connectivity index (χ0n) is 24.9. The summed E-state index contributed by atoms with van der Waals surface area (Å²) in [7, 11) is 0. The highest BCUT2D eigenvalue weighted by Crippen LogP contribution is 2.38. The molecule has 0 radical (unpaired) electrons. The van der Waals surface area contributed by atoms with Crippen molar-refractivity contribution in [2.45, 2.75) is 6.92 Å². The van der Waals surface area contributed by atoms with Crippen molar-refractivity contribution in [1.29, 1.82) is 0 Å². The number of allylic oxidation sites excluding steroid dienone is 2. The maximum absolute atomic E-state index is 4.76. The molecule has 0 aliphatic heterocycles. The van der Waals surface area contributed by atoms with Crippen LogP contribution in [-0.2, 0) is 0 Å². The number of thiophene rings is 1. The van der Waals surface area contributed by atoms with Crippen LogP contribution in [0.15, 0.2) is 163 Å². The Balaban J connectivity index is 1.18. The summed E-state index contributed by atoms with van der Waals surface area (Å²) in [5, 5.41) is 5.14. The topological polar surface area (TPSA) is 17.3 Å². The van der Waals surface area contributed by atoms with Gasteiger partial charge in [0.15, 0.2) is 0 Å². The van der Waals surface area contributed by atoms with Gasteiger partial charge in [0.25, 0.3) is 0 Å². The molecule has 0 aliphatic rings. The van der Waals surface area contributed by atoms with Crippen molar-refractivity contribution >= 4 is 64.6 Å². The van der Waals surface area contributed by atoms with Gasteiger partial charge in [-0.2, -0.15) is 0 Å². The Hall–Kier alpha value is -5.51. The normalized spacial score (nSPS) is 12.2. The SMILES string of the molecule is C=C(/C=C\N=C(C)c1cccc(-n2c3ccccc3c3cc(-c4ccc5sc6ccccc6c5c4)ccc32)c1)c1ccccc1. The molecule has 0 amide bonds. The molecular formula is C42H30N2S. The summed E-state index contributed by atoms with van der Waals surface area (Å²) in [6.45, 7) is 6.25. The Kier molecular flexibility index (Phi) is 6.74. The number of fused-ring (bicyclic) bond motifs is 6. The molecule has 8 rings (SSSR count). The van der Waals surface area contributed by atoms with E-state index in [4.69, 9.17) is 4.99 Å². The second-order valence-corrected chi connectivity index (χ2v) is 12.4. The number of rotatable bonds is 6. The first-order valence-electron chi connectivity index (χ1n) is 15.1. The molecule has 214 valence electrons. The van der Waals surface area contributed by atoms with Crippen LogP contribution in [-0.4, -0.2) is 10.3 Å². The minimum absolute atomic E-state index is 0.939. The lowest BCUT2D eigenvalue weighted by Crippen LogP contribution is -1.99. The maximum atomic E-state index is 4.76. The summed E-state index contributed by atoms with van der Waals surface area (Å²) in [4.78, 5) is 4.76. The van der Waals surface area contributed by atoms with Crippen LogP contribution < -0.4 is 0 Å². The fourth-order valence-electron chi connectivity index (χ4n) is 6.27. The van der Waals surface area contributed by atoms with Crippen LogP contribution in [0.2, 0.25) is 0 Å². The molecule has 0 atom stereocenters. The number of aromatic nitrogens is 1. The smallest absolute Gasteiger partial charge is 0.0541 e. The molecule has 0 bridgehead atoms. The Labute approximate surface area is 266 Å². The van der Waals surface area contributed by atoms with Crippen LogP contribution in [0.4, 0.5) is 0 Å². The first-order chi connectivity index (χ1) is 22.1. The lowest BCUT2D eigenvalue weighted by Gasteiger charge is -2.10. The summed E-state index contributed by atoms with van der Waals surface area (Å²) < 4.78 is 5.03. The minimum Gasteiger partial charge on any atom is -0.309 e. The van der Waals surface area contributed by atoms with Crippen molar-refractivity contribution in [3.05, 3.63) is 170 Å². The molecule has 0 saturated heterocycles. The monoisotopic (exact) mass is 594 g/mol. The second-order valence-electron chi connectivity index (χ2n) is 11.4. The average Bonchev–Trinajstić information content (AvgIpc) is 3.63. The summed E-state index contributed by atoms with van der Waals surface area (Å²) in [6, 6.07) is 50.0. The molecule has 0 spiro atoms. The molecule has 2 nitrogen and oxygen atoms in total. The first-order valence-corrected chi connectivity index (χ1v) is 16.0. The zero-order valence-corrected chi connectivity index (χ0v) is 25.8. The van der Waals surface area contributed by atoms with E-state index in [0.29, 0.717) is 0 Å². The van der Waals surface area contributed by atoms with E-state index in [2.05, 4.69) is 139 Å². The average molecular weight is 595 g/mol. The Morgan fingerprint density at radius 2 is 1.27 bits per heavy atom. The third-order valence-corrected chi connectivity index (χ3v) is 9.75. The molecule has 0 aliphatic carbocycles. The van der Waals surface area contributed by atoms with Gasteiger partial charge < -0.3 is 4.57 Å². The van der Waals surface area contributed by atoms with Crippen LogP contribution in [0.1, 0.15) is 18.1 Å². The molecule has 0 fully saturated rings. The molecule has 0 saturated carbocycles. The van der Waals surface area contributed by atoms with Gasteiger partial charge in [0.2, 0.25) is 0 Å². The van der Waals surface area contributed by atoms with Crippen molar-refractivity contribution in [2.75, 3.05) is 0 Å². The second kappa shape index (κ2) is 11.2. The number of hydrogen-bond acceptors (Lipinski definition) is 2. The fraction of sp³-hybridized carbons (Fsp3) is 0.0238. The van der Waals surface area contributed by atoms with E-state index in [-0.39, 0.29) is 0 Å².